The number of hydrogen-bond acceptors (Lipinski definition) is 1. The van der Waals surface area contributed by atoms with Crippen LogP contribution in [0.1, 0.15) is 43.3 Å². The Hall–Kier alpha value is -0.760. The van der Waals surface area contributed by atoms with Crippen LogP contribution in [-0.4, -0.2) is 9.67 Å². The summed E-state index contributed by atoms with van der Waals surface area (Å²) in [5.41, 5.74) is 3.50. The molecule has 13 heavy (non-hydrogen) atoms. The molecule has 1 rings (SSSR count). The van der Waals surface area contributed by atoms with Crippen molar-refractivity contribution in [3.8, 4) is 0 Å². The number of aromatic nitrogens is 1. The predicted octanol–water partition coefficient (Wildman–Crippen LogP) is 2.57. The second kappa shape index (κ2) is 3.97. The van der Waals surface area contributed by atoms with E-state index in [0.29, 0.717) is 6.04 Å². The van der Waals surface area contributed by atoms with Gasteiger partial charge in [-0.2, -0.15) is 0 Å². The smallest absolute Gasteiger partial charge is 0.0699 e. The average molecular weight is 181 g/mol. The maximum atomic E-state index is 9.10. The first-order valence-electron chi connectivity index (χ1n) is 4.90. The minimum absolute atomic E-state index is 0.149. The van der Waals surface area contributed by atoms with Crippen LogP contribution in [0, 0.1) is 13.8 Å². The van der Waals surface area contributed by atoms with E-state index in [1.54, 1.807) is 0 Å². The van der Waals surface area contributed by atoms with Crippen molar-refractivity contribution in [1.29, 1.82) is 0 Å². The third-order valence-electron chi connectivity index (χ3n) is 2.79. The Morgan fingerprint density at radius 1 is 1.46 bits per heavy atom. The van der Waals surface area contributed by atoms with Gasteiger partial charge in [0, 0.05) is 17.4 Å². The summed E-state index contributed by atoms with van der Waals surface area (Å²) in [4.78, 5) is 0. The zero-order chi connectivity index (χ0) is 10.0. The Morgan fingerprint density at radius 3 is 2.46 bits per heavy atom. The van der Waals surface area contributed by atoms with Gasteiger partial charge in [0.25, 0.3) is 0 Å². The molecule has 1 aromatic rings. The van der Waals surface area contributed by atoms with E-state index in [-0.39, 0.29) is 6.61 Å². The molecular weight excluding hydrogens is 162 g/mol. The van der Waals surface area contributed by atoms with Crippen LogP contribution in [0.4, 0.5) is 0 Å². The third-order valence-corrected chi connectivity index (χ3v) is 2.79. The minimum atomic E-state index is 0.149. The summed E-state index contributed by atoms with van der Waals surface area (Å²) >= 11 is 0. The van der Waals surface area contributed by atoms with Crippen LogP contribution in [0.5, 0.6) is 0 Å². The Labute approximate surface area is 80.2 Å². The van der Waals surface area contributed by atoms with Gasteiger partial charge in [0.05, 0.1) is 6.61 Å². The highest BCUT2D eigenvalue weighted by Gasteiger charge is 2.11. The molecule has 1 atom stereocenters. The fraction of sp³-hybridized carbons (Fsp3) is 0.636. The summed E-state index contributed by atoms with van der Waals surface area (Å²) < 4.78 is 2.30. The molecule has 1 aromatic heterocycles. The third kappa shape index (κ3) is 1.78. The molecule has 0 fully saturated rings. The highest BCUT2D eigenvalue weighted by molar-refractivity contribution is 5.26. The van der Waals surface area contributed by atoms with Crippen molar-refractivity contribution in [1.82, 2.24) is 4.57 Å². The first-order chi connectivity index (χ1) is 6.11. The molecule has 2 heteroatoms. The van der Waals surface area contributed by atoms with Gasteiger partial charge >= 0.3 is 0 Å². The zero-order valence-electron chi connectivity index (χ0n) is 8.96. The van der Waals surface area contributed by atoms with E-state index in [9.17, 15) is 0 Å². The van der Waals surface area contributed by atoms with Crippen LogP contribution >= 0.6 is 0 Å². The van der Waals surface area contributed by atoms with Gasteiger partial charge in [-0.25, -0.2) is 0 Å². The molecular formula is C11H19NO. The molecule has 0 amide bonds. The number of hydrogen-bond donors (Lipinski definition) is 1. The van der Waals surface area contributed by atoms with E-state index in [2.05, 4.69) is 38.3 Å². The van der Waals surface area contributed by atoms with Gasteiger partial charge in [-0.1, -0.05) is 6.92 Å². The first kappa shape index (κ1) is 10.3. The van der Waals surface area contributed by atoms with Crippen molar-refractivity contribution < 1.29 is 5.11 Å². The fourth-order valence-corrected chi connectivity index (χ4v) is 1.87. The topological polar surface area (TPSA) is 25.2 Å². The van der Waals surface area contributed by atoms with Crippen molar-refractivity contribution in [3.63, 3.8) is 0 Å². The number of aliphatic hydroxyl groups excluding tert-OH is 1. The second-order valence-corrected chi connectivity index (χ2v) is 3.68. The Balaban J connectivity index is 3.12. The molecule has 1 N–H and O–H groups in total. The van der Waals surface area contributed by atoms with Crippen LogP contribution in [0.15, 0.2) is 6.07 Å². The highest BCUT2D eigenvalue weighted by Crippen LogP contribution is 2.21. The zero-order valence-corrected chi connectivity index (χ0v) is 8.96. The van der Waals surface area contributed by atoms with Gasteiger partial charge in [-0.3, -0.25) is 0 Å². The molecule has 0 radical (unpaired) electrons. The first-order valence-corrected chi connectivity index (χ1v) is 4.90. The van der Waals surface area contributed by atoms with Crippen molar-refractivity contribution in [2.24, 2.45) is 0 Å². The van der Waals surface area contributed by atoms with Crippen LogP contribution in [0.2, 0.25) is 0 Å². The minimum Gasteiger partial charge on any atom is -0.392 e. The van der Waals surface area contributed by atoms with E-state index < -0.39 is 0 Å². The van der Waals surface area contributed by atoms with E-state index >= 15 is 0 Å². The van der Waals surface area contributed by atoms with Crippen LogP contribution in [0.3, 0.4) is 0 Å². The molecule has 0 aliphatic rings. The standard InChI is InChI=1S/C11H19NO/c1-5-8(2)12-9(3)6-11(7-13)10(12)4/h6,8,13H,5,7H2,1-4H3/t8-/m1/s1. The normalized spacial score (nSPS) is 13.3. The van der Waals surface area contributed by atoms with Crippen molar-refractivity contribution in [2.45, 2.75) is 46.8 Å². The predicted molar refractivity (Wildman–Crippen MR) is 54.8 cm³/mol. The van der Waals surface area contributed by atoms with Crippen LogP contribution in [-0.2, 0) is 6.61 Å². The van der Waals surface area contributed by atoms with E-state index in [1.165, 1.54) is 11.4 Å². The van der Waals surface area contributed by atoms with Gasteiger partial charge in [0.2, 0.25) is 0 Å². The summed E-state index contributed by atoms with van der Waals surface area (Å²) in [5, 5.41) is 9.10. The lowest BCUT2D eigenvalue weighted by molar-refractivity contribution is 0.280. The molecule has 0 unspecified atom stereocenters. The molecule has 1 heterocycles. The lowest BCUT2D eigenvalue weighted by Crippen LogP contribution is -2.07. The molecule has 74 valence electrons. The van der Waals surface area contributed by atoms with E-state index in [0.717, 1.165) is 12.0 Å². The molecule has 0 bridgehead atoms. The Morgan fingerprint density at radius 2 is 2.08 bits per heavy atom. The fourth-order valence-electron chi connectivity index (χ4n) is 1.87. The maximum Gasteiger partial charge on any atom is 0.0699 e. The highest BCUT2D eigenvalue weighted by atomic mass is 16.3. The maximum absolute atomic E-state index is 9.10. The van der Waals surface area contributed by atoms with Crippen molar-refractivity contribution >= 4 is 0 Å². The Kier molecular flexibility index (Phi) is 3.15. The van der Waals surface area contributed by atoms with Gasteiger partial charge < -0.3 is 9.67 Å². The van der Waals surface area contributed by atoms with E-state index in [4.69, 9.17) is 5.11 Å². The largest absolute Gasteiger partial charge is 0.392 e. The number of rotatable bonds is 3. The molecule has 0 aliphatic heterocycles. The van der Waals surface area contributed by atoms with Crippen LogP contribution < -0.4 is 0 Å². The van der Waals surface area contributed by atoms with Crippen molar-refractivity contribution in [3.05, 3.63) is 23.0 Å². The monoisotopic (exact) mass is 181 g/mol. The van der Waals surface area contributed by atoms with Gasteiger partial charge in [-0.15, -0.1) is 0 Å². The number of aryl methyl sites for hydroxylation is 1. The molecule has 0 aliphatic carbocycles. The number of nitrogens with zero attached hydrogens (tertiary/aromatic N) is 1. The molecule has 2 nitrogen and oxygen atoms in total. The Bertz CT molecular complexity index is 289. The average Bonchev–Trinajstić information content (AvgIpc) is 2.40. The lowest BCUT2D eigenvalue weighted by Gasteiger charge is -2.16. The lowest BCUT2D eigenvalue weighted by atomic mass is 10.2. The molecule has 0 saturated carbocycles. The quantitative estimate of drug-likeness (QED) is 0.761. The van der Waals surface area contributed by atoms with Crippen molar-refractivity contribution in [2.75, 3.05) is 0 Å². The number of aliphatic hydroxyl groups is 1. The molecule has 0 saturated heterocycles. The SMILES string of the molecule is CC[C@@H](C)n1c(C)cc(CO)c1C. The van der Waals surface area contributed by atoms with E-state index in [1.807, 2.05) is 0 Å². The summed E-state index contributed by atoms with van der Waals surface area (Å²) in [6.07, 6.45) is 1.13. The second-order valence-electron chi connectivity index (χ2n) is 3.68. The van der Waals surface area contributed by atoms with Gasteiger partial charge in [-0.05, 0) is 38.8 Å². The summed E-state index contributed by atoms with van der Waals surface area (Å²) in [5.74, 6) is 0. The summed E-state index contributed by atoms with van der Waals surface area (Å²) in [6.45, 7) is 8.71. The van der Waals surface area contributed by atoms with Gasteiger partial charge in [0.1, 0.15) is 0 Å². The van der Waals surface area contributed by atoms with Gasteiger partial charge in [0.15, 0.2) is 0 Å². The molecule has 0 aromatic carbocycles. The van der Waals surface area contributed by atoms with Crippen LogP contribution in [0.25, 0.3) is 0 Å². The summed E-state index contributed by atoms with van der Waals surface area (Å²) in [6, 6.07) is 2.60. The summed E-state index contributed by atoms with van der Waals surface area (Å²) in [7, 11) is 0. The molecule has 0 spiro atoms.